The van der Waals surface area contributed by atoms with Crippen molar-refractivity contribution in [3.8, 4) is 0 Å². The van der Waals surface area contributed by atoms with Crippen LogP contribution in [0.25, 0.3) is 11.2 Å². The van der Waals surface area contributed by atoms with E-state index in [-0.39, 0.29) is 83.2 Å². The predicted octanol–water partition coefficient (Wildman–Crippen LogP) is -8.21. The van der Waals surface area contributed by atoms with E-state index in [9.17, 15) is 24.3 Å². The molecule has 0 aliphatic heterocycles. The molecule has 2 N–H and O–H groups in total. The molecule has 12 heteroatoms. The van der Waals surface area contributed by atoms with E-state index in [0.717, 1.165) is 0 Å². The van der Waals surface area contributed by atoms with E-state index in [2.05, 4.69) is 15.0 Å². The number of nitrogens with one attached hydrogen (secondary N) is 1. The summed E-state index contributed by atoms with van der Waals surface area (Å²) in [6.45, 7) is 0.203. The smallest absolute Gasteiger partial charge is 0.811 e. The number of H-pyrrole nitrogens is 1. The summed E-state index contributed by atoms with van der Waals surface area (Å²) >= 11 is 0. The molecule has 9 nitrogen and oxygen atoms in total. The summed E-state index contributed by atoms with van der Waals surface area (Å²) in [7, 11) is -4.73. The molecule has 2 heterocycles. The van der Waals surface area contributed by atoms with Gasteiger partial charge in [0.15, 0.2) is 11.2 Å². The van der Waals surface area contributed by atoms with Crippen LogP contribution in [0.3, 0.4) is 0 Å². The number of aryl methyl sites for hydroxylation is 1. The molecule has 0 saturated heterocycles. The van der Waals surface area contributed by atoms with Crippen molar-refractivity contribution in [2.45, 2.75) is 19.1 Å². The molecule has 2 aromatic rings. The average Bonchev–Trinajstić information content (AvgIpc) is 2.69. The summed E-state index contributed by atoms with van der Waals surface area (Å²) < 4.78 is 12.0. The van der Waals surface area contributed by atoms with Crippen molar-refractivity contribution in [2.24, 2.45) is 0 Å². The van der Waals surface area contributed by atoms with Crippen LogP contribution >= 0.6 is 7.60 Å². The van der Waals surface area contributed by atoms with Gasteiger partial charge in [0.2, 0.25) is 0 Å². The number of aliphatic hydroxyl groups excluding tert-OH is 1. The van der Waals surface area contributed by atoms with E-state index in [4.69, 9.17) is 0 Å². The zero-order valence-electron chi connectivity index (χ0n) is 11.7. The van der Waals surface area contributed by atoms with Gasteiger partial charge in [-0.05, 0) is 6.42 Å². The minimum absolute atomic E-state index is 0. The Kier molecular flexibility index (Phi) is 9.12. The van der Waals surface area contributed by atoms with Crippen LogP contribution in [0.2, 0.25) is 0 Å². The van der Waals surface area contributed by atoms with Gasteiger partial charge in [0.1, 0.15) is 0 Å². The maximum absolute atomic E-state index is 11.4. The molecular formula is C9H11N4Na2O5P. The molecule has 0 radical (unpaired) electrons. The second-order valence-corrected chi connectivity index (χ2v) is 5.66. The fourth-order valence-corrected chi connectivity index (χ4v) is 2.39. The Hall–Kier alpha value is 0.460. The standard InChI is InChI=1S/C9H13N4O5P.2Na/c14-6(3-19(16,17)18)1-2-13-5-12-7-8(13)10-4-11-9(7)15;;/h4-6,14H,1-3H2,(H,10,11,15)(H2,16,17,18);;/q;2*+1/p-2/t6-;;/m0../s1. The number of imidazole rings is 1. The molecule has 0 fully saturated rings. The van der Waals surface area contributed by atoms with Crippen molar-refractivity contribution in [3.05, 3.63) is 23.0 Å². The van der Waals surface area contributed by atoms with Crippen molar-refractivity contribution in [2.75, 3.05) is 6.16 Å². The Morgan fingerprint density at radius 3 is 2.67 bits per heavy atom. The summed E-state index contributed by atoms with van der Waals surface area (Å²) in [5.74, 6) is 0. The molecule has 0 aromatic carbocycles. The molecule has 104 valence electrons. The average molecular weight is 332 g/mol. The first-order valence-corrected chi connectivity index (χ1v) is 7.17. The second-order valence-electron chi connectivity index (χ2n) is 4.08. The van der Waals surface area contributed by atoms with Gasteiger partial charge in [-0.15, -0.1) is 0 Å². The summed E-state index contributed by atoms with van der Waals surface area (Å²) in [5, 5.41) is 9.42. The normalized spacial score (nSPS) is 12.5. The Morgan fingerprint density at radius 2 is 2.05 bits per heavy atom. The van der Waals surface area contributed by atoms with Gasteiger partial charge in [-0.2, -0.15) is 0 Å². The van der Waals surface area contributed by atoms with E-state index in [1.54, 1.807) is 0 Å². The molecule has 2 aromatic heterocycles. The zero-order chi connectivity index (χ0) is 14.0. The van der Waals surface area contributed by atoms with Crippen LogP contribution in [0.15, 0.2) is 17.4 Å². The summed E-state index contributed by atoms with van der Waals surface area (Å²) in [6.07, 6.45) is 0.582. The van der Waals surface area contributed by atoms with Gasteiger partial charge in [-0.25, -0.2) is 9.97 Å². The van der Waals surface area contributed by atoms with E-state index in [1.165, 1.54) is 17.2 Å². The third-order valence-corrected chi connectivity index (χ3v) is 3.41. The number of hydrogen-bond donors (Lipinski definition) is 2. The van der Waals surface area contributed by atoms with Crippen molar-refractivity contribution >= 4 is 18.8 Å². The SMILES string of the molecule is O=c1[nH]cnc2c1ncn2CC[C@H](O)CP(=O)([O-])[O-].[Na+].[Na+]. The van der Waals surface area contributed by atoms with Gasteiger partial charge in [0.25, 0.3) is 5.56 Å². The first kappa shape index (κ1) is 21.5. The largest absolute Gasteiger partial charge is 1.00 e. The van der Waals surface area contributed by atoms with Gasteiger partial charge in [0, 0.05) is 12.7 Å². The third kappa shape index (κ3) is 6.23. The molecule has 1 atom stereocenters. The van der Waals surface area contributed by atoms with Crippen molar-refractivity contribution in [1.29, 1.82) is 0 Å². The van der Waals surface area contributed by atoms with Crippen LogP contribution in [0, 0.1) is 0 Å². The molecule has 0 spiro atoms. The van der Waals surface area contributed by atoms with Gasteiger partial charge < -0.3 is 29.0 Å². The van der Waals surface area contributed by atoms with E-state index < -0.39 is 19.9 Å². The van der Waals surface area contributed by atoms with Crippen LogP contribution in [-0.4, -0.2) is 36.9 Å². The molecule has 0 saturated carbocycles. The Labute approximate surface area is 163 Å². The van der Waals surface area contributed by atoms with Crippen molar-refractivity contribution in [3.63, 3.8) is 0 Å². The van der Waals surface area contributed by atoms with Crippen LogP contribution in [0.4, 0.5) is 0 Å². The zero-order valence-corrected chi connectivity index (χ0v) is 16.6. The van der Waals surface area contributed by atoms with Crippen LogP contribution < -0.4 is 74.5 Å². The van der Waals surface area contributed by atoms with Crippen molar-refractivity contribution in [1.82, 2.24) is 19.5 Å². The summed E-state index contributed by atoms with van der Waals surface area (Å²) in [6, 6.07) is 0. The summed E-state index contributed by atoms with van der Waals surface area (Å²) in [5.41, 5.74) is 0.117. The Bertz CT molecular complexity index is 684. The van der Waals surface area contributed by atoms with Crippen LogP contribution in [-0.2, 0) is 11.1 Å². The predicted molar refractivity (Wildman–Crippen MR) is 61.2 cm³/mol. The van der Waals surface area contributed by atoms with Crippen LogP contribution in [0.1, 0.15) is 6.42 Å². The van der Waals surface area contributed by atoms with Gasteiger partial charge in [-0.3, -0.25) is 4.79 Å². The van der Waals surface area contributed by atoms with Gasteiger partial charge in [0.05, 0.1) is 18.8 Å². The number of aliphatic hydroxyl groups is 1. The number of aromatic nitrogens is 4. The fourth-order valence-electron chi connectivity index (χ4n) is 1.69. The number of hydrogen-bond acceptors (Lipinski definition) is 7. The minimum Gasteiger partial charge on any atom is -0.811 e. The van der Waals surface area contributed by atoms with E-state index >= 15 is 0 Å². The van der Waals surface area contributed by atoms with E-state index in [0.29, 0.717) is 5.65 Å². The molecule has 21 heavy (non-hydrogen) atoms. The molecule has 0 aliphatic rings. The molecule has 0 unspecified atom stereocenters. The number of nitrogens with zero attached hydrogens (tertiary/aromatic N) is 3. The minimum atomic E-state index is -4.73. The fraction of sp³-hybridized carbons (Fsp3) is 0.444. The molecule has 0 aliphatic carbocycles. The number of fused-ring (bicyclic) bond motifs is 1. The Morgan fingerprint density at radius 1 is 1.38 bits per heavy atom. The second kappa shape index (κ2) is 8.93. The first-order valence-electron chi connectivity index (χ1n) is 5.44. The Balaban J connectivity index is 0.00000200. The maximum atomic E-state index is 11.4. The molecule has 2 rings (SSSR count). The van der Waals surface area contributed by atoms with Crippen molar-refractivity contribution < 1.29 is 78.6 Å². The maximum Gasteiger partial charge on any atom is 1.00 e. The third-order valence-electron chi connectivity index (χ3n) is 2.55. The molecule has 0 bridgehead atoms. The van der Waals surface area contributed by atoms with Gasteiger partial charge >= 0.3 is 59.1 Å². The van der Waals surface area contributed by atoms with Crippen LogP contribution in [0.5, 0.6) is 0 Å². The first-order chi connectivity index (χ1) is 8.87. The monoisotopic (exact) mass is 332 g/mol. The van der Waals surface area contributed by atoms with Gasteiger partial charge in [-0.1, -0.05) is 7.60 Å². The number of aromatic amines is 1. The summed E-state index contributed by atoms with van der Waals surface area (Å²) in [4.78, 5) is 42.5. The topological polar surface area (TPSA) is 147 Å². The quantitative estimate of drug-likeness (QED) is 0.408. The molecule has 0 amide bonds. The molecular weight excluding hydrogens is 321 g/mol. The van der Waals surface area contributed by atoms with E-state index in [1.807, 2.05) is 0 Å². The number of rotatable bonds is 5.